The molecule has 25 heavy (non-hydrogen) atoms. The van der Waals surface area contributed by atoms with Gasteiger partial charge >= 0.3 is 5.97 Å². The van der Waals surface area contributed by atoms with E-state index in [4.69, 9.17) is 9.47 Å². The number of carbonyl (C=O) groups is 3. The molecular weight excluding hydrogens is 330 g/mol. The Labute approximate surface area is 145 Å². The molecule has 0 radical (unpaired) electrons. The number of amides is 2. The molecule has 1 aliphatic rings. The molecule has 9 heteroatoms. The first-order valence-corrected chi connectivity index (χ1v) is 8.33. The zero-order chi connectivity index (χ0) is 18.1. The van der Waals surface area contributed by atoms with Gasteiger partial charge in [0.2, 0.25) is 11.8 Å². The molecule has 1 N–H and O–H groups in total. The quantitative estimate of drug-likeness (QED) is 0.658. The van der Waals surface area contributed by atoms with Crippen molar-refractivity contribution < 1.29 is 28.4 Å². The van der Waals surface area contributed by atoms with Crippen LogP contribution in [0.3, 0.4) is 0 Å². The molecule has 2 rings (SSSR count). The minimum absolute atomic E-state index is 0.0111. The maximum atomic E-state index is 12.4. The zero-order valence-electron chi connectivity index (χ0n) is 14.2. The Morgan fingerprint density at radius 3 is 2.88 bits per heavy atom. The SMILES string of the molecule is CCOC(=O)CCC(=O)N(CC(=O)Nc1ccon1)C[C@@H]1CCCO1. The molecule has 0 unspecified atom stereocenters. The number of carbonyl (C=O) groups excluding carboxylic acids is 3. The van der Waals surface area contributed by atoms with Crippen LogP contribution in [0, 0.1) is 0 Å². The molecule has 138 valence electrons. The van der Waals surface area contributed by atoms with E-state index < -0.39 is 11.9 Å². The molecule has 0 saturated carbocycles. The van der Waals surface area contributed by atoms with Crippen molar-refractivity contribution in [1.29, 1.82) is 0 Å². The highest BCUT2D eigenvalue weighted by molar-refractivity contribution is 5.94. The summed E-state index contributed by atoms with van der Waals surface area (Å²) in [6.45, 7) is 2.80. The molecule has 0 bridgehead atoms. The number of esters is 1. The lowest BCUT2D eigenvalue weighted by Gasteiger charge is -2.24. The van der Waals surface area contributed by atoms with E-state index in [-0.39, 0.29) is 43.8 Å². The van der Waals surface area contributed by atoms with Crippen LogP contribution in [0.5, 0.6) is 0 Å². The van der Waals surface area contributed by atoms with Crippen molar-refractivity contribution in [2.24, 2.45) is 0 Å². The molecule has 2 amide bonds. The predicted octanol–water partition coefficient (Wildman–Crippen LogP) is 0.964. The standard InChI is InChI=1S/C16H23N3O6/c1-2-23-16(22)6-5-15(21)19(10-12-4-3-8-24-12)11-14(20)17-13-7-9-25-18-13/h7,9,12H,2-6,8,10-11H2,1H3,(H,17,18,20)/t12-/m0/s1. The molecule has 0 aliphatic carbocycles. The van der Waals surface area contributed by atoms with Gasteiger partial charge in [-0.1, -0.05) is 5.16 Å². The highest BCUT2D eigenvalue weighted by atomic mass is 16.5. The maximum Gasteiger partial charge on any atom is 0.306 e. The third-order valence-electron chi connectivity index (χ3n) is 3.69. The highest BCUT2D eigenvalue weighted by Crippen LogP contribution is 2.14. The van der Waals surface area contributed by atoms with Crippen LogP contribution in [-0.2, 0) is 23.9 Å². The van der Waals surface area contributed by atoms with E-state index in [9.17, 15) is 14.4 Å². The van der Waals surface area contributed by atoms with E-state index in [1.165, 1.54) is 17.2 Å². The van der Waals surface area contributed by atoms with Crippen LogP contribution in [-0.4, -0.2) is 60.2 Å². The summed E-state index contributed by atoms with van der Waals surface area (Å²) in [5, 5.41) is 6.14. The summed E-state index contributed by atoms with van der Waals surface area (Å²) in [6.07, 6.45) is 2.99. The average molecular weight is 353 g/mol. The number of rotatable bonds is 9. The number of nitrogens with zero attached hydrogens (tertiary/aromatic N) is 2. The molecule has 1 fully saturated rings. The molecule has 0 spiro atoms. The number of anilines is 1. The predicted molar refractivity (Wildman–Crippen MR) is 86.6 cm³/mol. The van der Waals surface area contributed by atoms with Crippen molar-refractivity contribution in [2.75, 3.05) is 31.6 Å². The molecule has 1 atom stereocenters. The fourth-order valence-electron chi connectivity index (χ4n) is 2.52. The fourth-order valence-corrected chi connectivity index (χ4v) is 2.52. The summed E-state index contributed by atoms with van der Waals surface area (Å²) in [4.78, 5) is 37.4. The van der Waals surface area contributed by atoms with Gasteiger partial charge in [-0.2, -0.15) is 0 Å². The number of nitrogens with one attached hydrogen (secondary N) is 1. The van der Waals surface area contributed by atoms with E-state index in [0.29, 0.717) is 13.2 Å². The molecule has 0 aromatic carbocycles. The minimum Gasteiger partial charge on any atom is -0.466 e. The fraction of sp³-hybridized carbons (Fsp3) is 0.625. The normalized spacial score (nSPS) is 16.4. The lowest BCUT2D eigenvalue weighted by atomic mass is 10.2. The van der Waals surface area contributed by atoms with E-state index in [1.807, 2.05) is 0 Å². The molecule has 1 aromatic rings. The number of hydrogen-bond acceptors (Lipinski definition) is 7. The second-order valence-electron chi connectivity index (χ2n) is 5.65. The van der Waals surface area contributed by atoms with Crippen molar-refractivity contribution in [1.82, 2.24) is 10.1 Å². The van der Waals surface area contributed by atoms with Crippen molar-refractivity contribution >= 4 is 23.6 Å². The summed E-state index contributed by atoms with van der Waals surface area (Å²) < 4.78 is 15.0. The summed E-state index contributed by atoms with van der Waals surface area (Å²) >= 11 is 0. The molecule has 9 nitrogen and oxygen atoms in total. The molecule has 1 saturated heterocycles. The van der Waals surface area contributed by atoms with Gasteiger partial charge in [0.1, 0.15) is 6.26 Å². The Kier molecular flexibility index (Phi) is 7.39. The lowest BCUT2D eigenvalue weighted by Crippen LogP contribution is -2.42. The van der Waals surface area contributed by atoms with Crippen LogP contribution in [0.1, 0.15) is 32.6 Å². The third-order valence-corrected chi connectivity index (χ3v) is 3.69. The number of aromatic nitrogens is 1. The van der Waals surface area contributed by atoms with Crippen molar-refractivity contribution in [2.45, 2.75) is 38.7 Å². The summed E-state index contributed by atoms with van der Waals surface area (Å²) in [5.74, 6) is -0.837. The monoisotopic (exact) mass is 353 g/mol. The first-order chi connectivity index (χ1) is 12.1. The summed E-state index contributed by atoms with van der Waals surface area (Å²) in [5.41, 5.74) is 0. The highest BCUT2D eigenvalue weighted by Gasteiger charge is 2.25. The second-order valence-corrected chi connectivity index (χ2v) is 5.65. The van der Waals surface area contributed by atoms with Crippen molar-refractivity contribution in [3.8, 4) is 0 Å². The van der Waals surface area contributed by atoms with Gasteiger partial charge in [-0.25, -0.2) is 0 Å². The van der Waals surface area contributed by atoms with Crippen LogP contribution < -0.4 is 5.32 Å². The van der Waals surface area contributed by atoms with Gasteiger partial charge in [-0.15, -0.1) is 0 Å². The molecule has 1 aromatic heterocycles. The van der Waals surface area contributed by atoms with Crippen LogP contribution >= 0.6 is 0 Å². The Morgan fingerprint density at radius 2 is 2.24 bits per heavy atom. The summed E-state index contributed by atoms with van der Waals surface area (Å²) in [7, 11) is 0. The zero-order valence-corrected chi connectivity index (χ0v) is 14.2. The lowest BCUT2D eigenvalue weighted by molar-refractivity contribution is -0.146. The van der Waals surface area contributed by atoms with Crippen LogP contribution in [0.15, 0.2) is 16.9 Å². The third kappa shape index (κ3) is 6.54. The van der Waals surface area contributed by atoms with E-state index in [2.05, 4.69) is 15.0 Å². The van der Waals surface area contributed by atoms with E-state index in [0.717, 1.165) is 12.8 Å². The first kappa shape index (κ1) is 18.9. The maximum absolute atomic E-state index is 12.4. The van der Waals surface area contributed by atoms with Crippen LogP contribution in [0.4, 0.5) is 5.82 Å². The summed E-state index contributed by atoms with van der Waals surface area (Å²) in [6, 6.07) is 1.50. The van der Waals surface area contributed by atoms with Crippen molar-refractivity contribution in [3.63, 3.8) is 0 Å². The number of hydrogen-bond donors (Lipinski definition) is 1. The van der Waals surface area contributed by atoms with Gasteiger partial charge < -0.3 is 24.2 Å². The Balaban J connectivity index is 1.90. The first-order valence-electron chi connectivity index (χ1n) is 8.33. The van der Waals surface area contributed by atoms with E-state index in [1.54, 1.807) is 6.92 Å². The Bertz CT molecular complexity index is 568. The largest absolute Gasteiger partial charge is 0.466 e. The van der Waals surface area contributed by atoms with Crippen molar-refractivity contribution in [3.05, 3.63) is 12.3 Å². The molecule has 2 heterocycles. The Morgan fingerprint density at radius 1 is 1.40 bits per heavy atom. The van der Waals surface area contributed by atoms with Gasteiger partial charge in [0.25, 0.3) is 0 Å². The topological polar surface area (TPSA) is 111 Å². The Hall–Kier alpha value is -2.42. The smallest absolute Gasteiger partial charge is 0.306 e. The van der Waals surface area contributed by atoms with E-state index >= 15 is 0 Å². The van der Waals surface area contributed by atoms with Gasteiger partial charge in [-0.3, -0.25) is 14.4 Å². The van der Waals surface area contributed by atoms with Gasteiger partial charge in [0, 0.05) is 25.6 Å². The van der Waals surface area contributed by atoms with Gasteiger partial charge in [-0.05, 0) is 19.8 Å². The molecular formula is C16H23N3O6. The van der Waals surface area contributed by atoms with Gasteiger partial charge in [0.15, 0.2) is 5.82 Å². The van der Waals surface area contributed by atoms with Crippen LogP contribution in [0.25, 0.3) is 0 Å². The molecule has 1 aliphatic heterocycles. The van der Waals surface area contributed by atoms with Gasteiger partial charge in [0.05, 0.1) is 25.7 Å². The van der Waals surface area contributed by atoms with Crippen LogP contribution in [0.2, 0.25) is 0 Å². The second kappa shape index (κ2) is 9.77. The average Bonchev–Trinajstić information content (AvgIpc) is 3.26. The number of ether oxygens (including phenoxy) is 2. The minimum atomic E-state index is -0.431.